The molecule has 0 radical (unpaired) electrons. The Morgan fingerprint density at radius 2 is 1.45 bits per heavy atom. The van der Waals surface area contributed by atoms with Gasteiger partial charge in [0.2, 0.25) is 17.7 Å². The van der Waals surface area contributed by atoms with Crippen molar-refractivity contribution in [3.05, 3.63) is 29.8 Å². The highest BCUT2D eigenvalue weighted by Crippen LogP contribution is 2.12. The van der Waals surface area contributed by atoms with Gasteiger partial charge >= 0.3 is 11.9 Å². The number of rotatable bonds is 12. The first-order chi connectivity index (χ1) is 15.3. The van der Waals surface area contributed by atoms with Gasteiger partial charge in [-0.25, -0.2) is 4.79 Å². The van der Waals surface area contributed by atoms with Crippen molar-refractivity contribution < 1.29 is 39.3 Å². The number of phenols is 1. The van der Waals surface area contributed by atoms with Crippen molar-refractivity contribution in [2.45, 2.75) is 57.8 Å². The van der Waals surface area contributed by atoms with Crippen LogP contribution in [0.4, 0.5) is 0 Å². The summed E-state index contributed by atoms with van der Waals surface area (Å²) in [7, 11) is 0. The van der Waals surface area contributed by atoms with Gasteiger partial charge in [0.15, 0.2) is 0 Å². The summed E-state index contributed by atoms with van der Waals surface area (Å²) < 4.78 is 0. The Morgan fingerprint density at radius 1 is 0.879 bits per heavy atom. The highest BCUT2D eigenvalue weighted by Gasteiger charge is 2.30. The highest BCUT2D eigenvalue weighted by molar-refractivity contribution is 5.94. The predicted octanol–water partition coefficient (Wildman–Crippen LogP) is -1.05. The lowest BCUT2D eigenvalue weighted by molar-refractivity contribution is -0.143. The van der Waals surface area contributed by atoms with Gasteiger partial charge in [-0.1, -0.05) is 26.0 Å². The molecule has 182 valence electrons. The SMILES string of the molecule is CC(NC(=O)C(Cc1ccc(O)cc1)NC(=O)C(N)CC(=O)O)C(=O)NC(C(=O)O)C(C)C. The number of phenolic OH excluding ortho intramolecular Hbond substituents is 1. The second-order valence-corrected chi connectivity index (χ2v) is 7.93. The number of nitrogens with one attached hydrogen (secondary N) is 3. The molecule has 0 aliphatic heterocycles. The first kappa shape index (κ1) is 27.4. The standard InChI is InChI=1S/C21H30N4O8/c1-10(2)17(21(32)33)25-18(29)11(3)23-20(31)15(8-12-4-6-13(26)7-5-12)24-19(30)14(22)9-16(27)28/h4-7,10-11,14-15,17,26H,8-9,22H2,1-3H3,(H,23,31)(H,24,30)(H,25,29)(H,27,28)(H,32,33). The maximum absolute atomic E-state index is 12.8. The van der Waals surface area contributed by atoms with Crippen LogP contribution in [0, 0.1) is 5.92 Å². The van der Waals surface area contributed by atoms with E-state index >= 15 is 0 Å². The fraction of sp³-hybridized carbons (Fsp3) is 0.476. The van der Waals surface area contributed by atoms with Gasteiger partial charge in [-0.15, -0.1) is 0 Å². The van der Waals surface area contributed by atoms with Crippen LogP contribution in [0.5, 0.6) is 5.75 Å². The molecule has 1 aromatic carbocycles. The van der Waals surface area contributed by atoms with E-state index in [4.69, 9.17) is 10.8 Å². The smallest absolute Gasteiger partial charge is 0.326 e. The molecule has 0 aliphatic carbocycles. The lowest BCUT2D eigenvalue weighted by Crippen LogP contribution is -2.57. The van der Waals surface area contributed by atoms with E-state index in [-0.39, 0.29) is 12.2 Å². The quantitative estimate of drug-likeness (QED) is 0.200. The van der Waals surface area contributed by atoms with Gasteiger partial charge < -0.3 is 37.0 Å². The van der Waals surface area contributed by atoms with E-state index in [9.17, 15) is 34.2 Å². The number of carboxylic acids is 2. The van der Waals surface area contributed by atoms with Crippen molar-refractivity contribution in [1.82, 2.24) is 16.0 Å². The maximum atomic E-state index is 12.8. The van der Waals surface area contributed by atoms with E-state index in [0.29, 0.717) is 5.56 Å². The van der Waals surface area contributed by atoms with Crippen molar-refractivity contribution in [3.8, 4) is 5.75 Å². The predicted molar refractivity (Wildman–Crippen MR) is 116 cm³/mol. The summed E-state index contributed by atoms with van der Waals surface area (Å²) in [6.45, 7) is 4.58. The summed E-state index contributed by atoms with van der Waals surface area (Å²) in [5.41, 5.74) is 6.12. The van der Waals surface area contributed by atoms with Crippen LogP contribution in [-0.4, -0.2) is 69.1 Å². The van der Waals surface area contributed by atoms with Crippen molar-refractivity contribution in [2.75, 3.05) is 0 Å². The van der Waals surface area contributed by atoms with Crippen molar-refractivity contribution >= 4 is 29.7 Å². The van der Waals surface area contributed by atoms with E-state index < -0.39 is 66.2 Å². The lowest BCUT2D eigenvalue weighted by Gasteiger charge is -2.24. The molecule has 0 fully saturated rings. The van der Waals surface area contributed by atoms with Crippen molar-refractivity contribution in [1.29, 1.82) is 0 Å². The molecule has 4 unspecified atom stereocenters. The number of carbonyl (C=O) groups is 5. The molecule has 8 N–H and O–H groups in total. The molecular formula is C21H30N4O8. The molecule has 0 aliphatic rings. The Labute approximate surface area is 190 Å². The van der Waals surface area contributed by atoms with Crippen molar-refractivity contribution in [3.63, 3.8) is 0 Å². The van der Waals surface area contributed by atoms with Crippen LogP contribution in [-0.2, 0) is 30.4 Å². The molecule has 4 atom stereocenters. The van der Waals surface area contributed by atoms with Crippen molar-refractivity contribution in [2.24, 2.45) is 11.7 Å². The molecule has 12 nitrogen and oxygen atoms in total. The van der Waals surface area contributed by atoms with Gasteiger partial charge in [0.05, 0.1) is 12.5 Å². The summed E-state index contributed by atoms with van der Waals surface area (Å²) in [6, 6.07) is 0.901. The topological polar surface area (TPSA) is 208 Å². The normalized spacial score (nSPS) is 14.5. The second kappa shape index (κ2) is 12.4. The van der Waals surface area contributed by atoms with E-state index in [1.54, 1.807) is 13.8 Å². The van der Waals surface area contributed by atoms with Crippen LogP contribution in [0.1, 0.15) is 32.8 Å². The van der Waals surface area contributed by atoms with Crippen LogP contribution >= 0.6 is 0 Å². The molecule has 0 heterocycles. The molecule has 0 saturated heterocycles. The molecule has 0 aromatic heterocycles. The number of hydrogen-bond acceptors (Lipinski definition) is 7. The third kappa shape index (κ3) is 9.15. The molecule has 12 heteroatoms. The van der Waals surface area contributed by atoms with Crippen LogP contribution in [0.25, 0.3) is 0 Å². The molecule has 33 heavy (non-hydrogen) atoms. The Balaban J connectivity index is 2.96. The average molecular weight is 466 g/mol. The lowest BCUT2D eigenvalue weighted by atomic mass is 10.0. The van der Waals surface area contributed by atoms with Gasteiger partial charge in [-0.05, 0) is 30.5 Å². The number of hydrogen-bond donors (Lipinski definition) is 7. The van der Waals surface area contributed by atoms with E-state index in [2.05, 4.69) is 16.0 Å². The minimum atomic E-state index is -1.40. The van der Waals surface area contributed by atoms with Crippen LogP contribution in [0.3, 0.4) is 0 Å². The van der Waals surface area contributed by atoms with Gasteiger partial charge in [0.1, 0.15) is 23.9 Å². The van der Waals surface area contributed by atoms with Crippen LogP contribution in [0.15, 0.2) is 24.3 Å². The maximum Gasteiger partial charge on any atom is 0.326 e. The van der Waals surface area contributed by atoms with Crippen LogP contribution < -0.4 is 21.7 Å². The molecule has 0 bridgehead atoms. The fourth-order valence-electron chi connectivity index (χ4n) is 2.81. The number of amides is 3. The van der Waals surface area contributed by atoms with Gasteiger partial charge in [-0.2, -0.15) is 0 Å². The number of nitrogens with two attached hydrogens (primary N) is 1. The Bertz CT molecular complexity index is 872. The number of benzene rings is 1. The molecule has 1 rings (SSSR count). The number of carbonyl (C=O) groups excluding carboxylic acids is 3. The molecule has 3 amide bonds. The number of carboxylic acid groups (broad SMARTS) is 2. The largest absolute Gasteiger partial charge is 0.508 e. The minimum absolute atomic E-state index is 0.00398. The molecule has 0 spiro atoms. The summed E-state index contributed by atoms with van der Waals surface area (Å²) in [5, 5.41) is 34.6. The van der Waals surface area contributed by atoms with Gasteiger partial charge in [0.25, 0.3) is 0 Å². The Kier molecular flexibility index (Phi) is 10.3. The first-order valence-corrected chi connectivity index (χ1v) is 10.2. The van der Waals surface area contributed by atoms with E-state index in [0.717, 1.165) is 0 Å². The zero-order valence-corrected chi connectivity index (χ0v) is 18.6. The Hall–Kier alpha value is -3.67. The summed E-state index contributed by atoms with van der Waals surface area (Å²) in [5.74, 6) is -5.29. The average Bonchev–Trinajstić information content (AvgIpc) is 2.71. The highest BCUT2D eigenvalue weighted by atomic mass is 16.4. The summed E-state index contributed by atoms with van der Waals surface area (Å²) >= 11 is 0. The van der Waals surface area contributed by atoms with Gasteiger partial charge in [-0.3, -0.25) is 19.2 Å². The first-order valence-electron chi connectivity index (χ1n) is 10.2. The summed E-state index contributed by atoms with van der Waals surface area (Å²) in [6.07, 6.45) is -0.695. The third-order valence-electron chi connectivity index (χ3n) is 4.72. The molecule has 0 saturated carbocycles. The minimum Gasteiger partial charge on any atom is -0.508 e. The third-order valence-corrected chi connectivity index (χ3v) is 4.72. The van der Waals surface area contributed by atoms with E-state index in [1.807, 2.05) is 0 Å². The zero-order chi connectivity index (χ0) is 25.3. The summed E-state index contributed by atoms with van der Waals surface area (Å²) in [4.78, 5) is 59.6. The van der Waals surface area contributed by atoms with Crippen LogP contribution in [0.2, 0.25) is 0 Å². The molecular weight excluding hydrogens is 436 g/mol. The zero-order valence-electron chi connectivity index (χ0n) is 18.6. The monoisotopic (exact) mass is 466 g/mol. The van der Waals surface area contributed by atoms with E-state index in [1.165, 1.54) is 31.2 Å². The number of aliphatic carboxylic acids is 2. The molecule has 1 aromatic rings. The number of aromatic hydroxyl groups is 1. The Morgan fingerprint density at radius 3 is 1.94 bits per heavy atom. The fourth-order valence-corrected chi connectivity index (χ4v) is 2.81. The van der Waals surface area contributed by atoms with Gasteiger partial charge in [0, 0.05) is 6.42 Å². The second-order valence-electron chi connectivity index (χ2n) is 7.93.